The summed E-state index contributed by atoms with van der Waals surface area (Å²) in [5.41, 5.74) is 1.68. The van der Waals surface area contributed by atoms with Crippen molar-refractivity contribution < 1.29 is 30.4 Å². The summed E-state index contributed by atoms with van der Waals surface area (Å²) in [6, 6.07) is 20.8. The number of hydrogen-bond acceptors (Lipinski definition) is 5. The van der Waals surface area contributed by atoms with Crippen molar-refractivity contribution in [3.8, 4) is 5.75 Å². The van der Waals surface area contributed by atoms with Crippen LogP contribution in [0, 0.1) is 0 Å². The molecule has 0 spiro atoms. The molecule has 3 aromatic rings. The fourth-order valence-electron chi connectivity index (χ4n) is 3.98. The first-order chi connectivity index (χ1) is 16.3. The number of piperazine rings is 1. The maximum Gasteiger partial charge on any atom is 0.264 e. The van der Waals surface area contributed by atoms with Crippen molar-refractivity contribution in [3.63, 3.8) is 0 Å². The van der Waals surface area contributed by atoms with Crippen LogP contribution >= 0.6 is 11.6 Å². The molecule has 0 aliphatic carbocycles. The van der Waals surface area contributed by atoms with Crippen molar-refractivity contribution in [2.75, 3.05) is 49.5 Å². The Morgan fingerprint density at radius 1 is 0.943 bits per heavy atom. The molecule has 0 atom stereocenters. The van der Waals surface area contributed by atoms with Gasteiger partial charge in [0, 0.05) is 33.2 Å². The van der Waals surface area contributed by atoms with Crippen LogP contribution in [0.4, 0.5) is 11.4 Å². The van der Waals surface area contributed by atoms with Crippen LogP contribution in [0.3, 0.4) is 0 Å². The van der Waals surface area contributed by atoms with E-state index in [0.29, 0.717) is 31.9 Å². The van der Waals surface area contributed by atoms with E-state index in [2.05, 4.69) is 4.90 Å². The number of benzene rings is 3. The Hall–Kier alpha value is -2.94. The number of rotatable bonds is 6. The van der Waals surface area contributed by atoms with Crippen molar-refractivity contribution in [1.29, 1.82) is 0 Å². The third kappa shape index (κ3) is 5.50. The fourth-order valence-corrected chi connectivity index (χ4v) is 5.40. The first kappa shape index (κ1) is 26.7. The van der Waals surface area contributed by atoms with Gasteiger partial charge in [0.2, 0.25) is 0 Å². The first-order valence-electron chi connectivity index (χ1n) is 10.8. The average molecular weight is 535 g/mol. The number of anilines is 2. The largest absolute Gasteiger partial charge is 1.00 e. The van der Waals surface area contributed by atoms with Crippen LogP contribution in [0.2, 0.25) is 5.02 Å². The zero-order chi connectivity index (χ0) is 24.3. The summed E-state index contributed by atoms with van der Waals surface area (Å²) in [5.74, 6) is 0.495. The normalized spacial score (nSPS) is 13.7. The van der Waals surface area contributed by atoms with Gasteiger partial charge in [-0.25, -0.2) is 8.42 Å². The molecule has 0 unspecified atom stereocenters. The summed E-state index contributed by atoms with van der Waals surface area (Å²) in [6.07, 6.45) is 0. The Bertz CT molecular complexity index is 1280. The summed E-state index contributed by atoms with van der Waals surface area (Å²) in [6.45, 7) is 2.21. The van der Waals surface area contributed by atoms with Gasteiger partial charge in [0.25, 0.3) is 15.9 Å². The second-order valence-corrected chi connectivity index (χ2v) is 10.3. The Labute approximate surface area is 217 Å². The molecule has 1 fully saturated rings. The van der Waals surface area contributed by atoms with Gasteiger partial charge in [-0.1, -0.05) is 41.9 Å². The van der Waals surface area contributed by atoms with Gasteiger partial charge < -0.3 is 26.9 Å². The number of para-hydroxylation sites is 3. The van der Waals surface area contributed by atoms with E-state index in [1.807, 2.05) is 30.3 Å². The number of amides is 1. The van der Waals surface area contributed by atoms with Gasteiger partial charge in [-0.15, -0.1) is 0 Å². The number of methoxy groups -OCH3 is 1. The minimum atomic E-state index is -3.87. The second-order valence-electron chi connectivity index (χ2n) is 7.90. The van der Waals surface area contributed by atoms with E-state index in [1.165, 1.54) is 29.6 Å². The number of nitrogens with zero attached hydrogens (tertiary/aromatic N) is 3. The maximum absolute atomic E-state index is 13.3. The van der Waals surface area contributed by atoms with E-state index in [9.17, 15) is 13.2 Å². The van der Waals surface area contributed by atoms with Crippen molar-refractivity contribution in [2.45, 2.75) is 4.90 Å². The highest BCUT2D eigenvalue weighted by atomic mass is 35.5. The highest BCUT2D eigenvalue weighted by Crippen LogP contribution is 2.30. The topological polar surface area (TPSA) is 70.2 Å². The van der Waals surface area contributed by atoms with Gasteiger partial charge in [0.15, 0.2) is 0 Å². The van der Waals surface area contributed by atoms with Crippen LogP contribution < -0.4 is 26.3 Å². The summed E-state index contributed by atoms with van der Waals surface area (Å²) >= 11 is 6.34. The van der Waals surface area contributed by atoms with Crippen LogP contribution in [-0.4, -0.2) is 59.6 Å². The maximum atomic E-state index is 13.3. The molecule has 3 aromatic carbocycles. The lowest BCUT2D eigenvalue weighted by molar-refractivity contribution is -0.0000193. The molecule has 0 aromatic heterocycles. The molecule has 7 nitrogen and oxygen atoms in total. The predicted octanol–water partition coefficient (Wildman–Crippen LogP) is 1.14. The lowest BCUT2D eigenvalue weighted by Crippen LogP contribution is -3.00. The highest BCUT2D eigenvalue weighted by molar-refractivity contribution is 7.92. The Morgan fingerprint density at radius 3 is 2.23 bits per heavy atom. The SMILES string of the molecule is COc1ccccc1N1CCN(C(=O)c2cc(S(=O)(=O)N(C)c3ccccc3)ccc2Cl)CC1.[Cl-]. The minimum Gasteiger partial charge on any atom is -1.00 e. The van der Waals surface area contributed by atoms with Crippen LogP contribution in [0.25, 0.3) is 0 Å². The monoisotopic (exact) mass is 534 g/mol. The molecule has 0 radical (unpaired) electrons. The van der Waals surface area contributed by atoms with Crippen LogP contribution in [0.5, 0.6) is 5.75 Å². The third-order valence-corrected chi connectivity index (χ3v) is 8.05. The van der Waals surface area contributed by atoms with Crippen molar-refractivity contribution in [1.82, 2.24) is 4.90 Å². The number of carbonyl (C=O) groups excluding carboxylic acids is 1. The number of ether oxygens (including phenoxy) is 1. The predicted molar refractivity (Wildman–Crippen MR) is 135 cm³/mol. The molecule has 4 rings (SSSR count). The number of carbonyl (C=O) groups is 1. The standard InChI is InChI=1S/C25H26ClN3O4S.ClH/c1-27(19-8-4-3-5-9-19)34(31,32)20-12-13-22(26)21(18-20)25(30)29-16-14-28(15-17-29)23-10-6-7-11-24(23)33-2;/h3-13,18H,14-17H2,1-2H3;1H/p-1. The van der Waals surface area contributed by atoms with Crippen molar-refractivity contribution in [3.05, 3.63) is 83.4 Å². The number of halogens is 2. The van der Waals surface area contributed by atoms with Gasteiger partial charge >= 0.3 is 0 Å². The molecule has 186 valence electrons. The molecule has 0 bridgehead atoms. The summed E-state index contributed by atoms with van der Waals surface area (Å²) in [7, 11) is -0.746. The molecule has 1 amide bonds. The molecule has 0 N–H and O–H groups in total. The summed E-state index contributed by atoms with van der Waals surface area (Å²) < 4.78 is 33.0. The van der Waals surface area contributed by atoms with Gasteiger partial charge in [0.05, 0.1) is 34.0 Å². The van der Waals surface area contributed by atoms with Crippen LogP contribution in [-0.2, 0) is 10.0 Å². The van der Waals surface area contributed by atoms with Gasteiger partial charge in [-0.05, 0) is 42.5 Å². The zero-order valence-electron chi connectivity index (χ0n) is 19.4. The van der Waals surface area contributed by atoms with Gasteiger partial charge in [-0.3, -0.25) is 9.10 Å². The van der Waals surface area contributed by atoms with Crippen LogP contribution in [0.1, 0.15) is 10.4 Å². The molecule has 1 aliphatic heterocycles. The Kier molecular flexibility index (Phi) is 8.53. The van der Waals surface area contributed by atoms with E-state index in [0.717, 1.165) is 11.4 Å². The van der Waals surface area contributed by atoms with Crippen molar-refractivity contribution in [2.24, 2.45) is 0 Å². The quantitative estimate of drug-likeness (QED) is 0.474. The smallest absolute Gasteiger partial charge is 0.264 e. The first-order valence-corrected chi connectivity index (χ1v) is 12.7. The van der Waals surface area contributed by atoms with E-state index < -0.39 is 10.0 Å². The minimum absolute atomic E-state index is 0. The molecule has 35 heavy (non-hydrogen) atoms. The lowest BCUT2D eigenvalue weighted by Gasteiger charge is -2.36. The fraction of sp³-hybridized carbons (Fsp3) is 0.240. The molecular weight excluding hydrogens is 509 g/mol. The summed E-state index contributed by atoms with van der Waals surface area (Å²) in [5, 5.41) is 0.221. The van der Waals surface area contributed by atoms with Crippen molar-refractivity contribution >= 4 is 38.9 Å². The average Bonchev–Trinajstić information content (AvgIpc) is 2.88. The van der Waals surface area contributed by atoms with E-state index in [4.69, 9.17) is 16.3 Å². The molecule has 10 heteroatoms. The van der Waals surface area contributed by atoms with E-state index >= 15 is 0 Å². The Morgan fingerprint density at radius 2 is 1.57 bits per heavy atom. The zero-order valence-corrected chi connectivity index (χ0v) is 21.7. The number of sulfonamides is 1. The molecular formula is C25H26Cl2N3O4S-. The molecule has 1 saturated heterocycles. The van der Waals surface area contributed by atoms with E-state index in [-0.39, 0.29) is 33.8 Å². The lowest BCUT2D eigenvalue weighted by atomic mass is 10.1. The van der Waals surface area contributed by atoms with E-state index in [1.54, 1.807) is 36.3 Å². The number of hydrogen-bond donors (Lipinski definition) is 0. The van der Waals surface area contributed by atoms with Gasteiger partial charge in [0.1, 0.15) is 5.75 Å². The van der Waals surface area contributed by atoms with Crippen LogP contribution in [0.15, 0.2) is 77.7 Å². The second kappa shape index (κ2) is 11.2. The molecule has 0 saturated carbocycles. The van der Waals surface area contributed by atoms with Gasteiger partial charge in [-0.2, -0.15) is 0 Å². The highest BCUT2D eigenvalue weighted by Gasteiger charge is 2.28. The molecule has 1 aliphatic rings. The Balaban J connectivity index is 0.00000342. The molecule has 1 heterocycles. The summed E-state index contributed by atoms with van der Waals surface area (Å²) in [4.78, 5) is 17.2. The third-order valence-electron chi connectivity index (χ3n) is 5.94.